The number of aliphatic hydroxyl groups is 4. The minimum atomic E-state index is -1.38. The van der Waals surface area contributed by atoms with Crippen molar-refractivity contribution in [3.8, 4) is 0 Å². The number of aliphatic hydroxyl groups excluding tert-OH is 4. The molecule has 0 bridgehead atoms. The minimum absolute atomic E-state index is 0.0887. The van der Waals surface area contributed by atoms with Crippen molar-refractivity contribution < 1.29 is 48.8 Å². The maximum Gasteiger partial charge on any atom is 0.186 e. The number of fused-ring (bicyclic) bond motifs is 1. The van der Waals surface area contributed by atoms with E-state index in [4.69, 9.17) is 57.1 Å². The number of rotatable bonds is 5. The topological polar surface area (TPSA) is 266 Å². The van der Waals surface area contributed by atoms with Gasteiger partial charge in [-0.2, -0.15) is 0 Å². The molecule has 2 aliphatic carbocycles. The zero-order chi connectivity index (χ0) is 28.1. The van der Waals surface area contributed by atoms with Gasteiger partial charge < -0.3 is 77.5 Å². The number of nitrogens with two attached hydrogens (primary N) is 5. The molecule has 5 fully saturated rings. The third kappa shape index (κ3) is 5.74. The van der Waals surface area contributed by atoms with Crippen molar-refractivity contribution >= 4 is 0 Å². The van der Waals surface area contributed by atoms with Crippen LogP contribution in [0.4, 0.5) is 0 Å². The van der Waals surface area contributed by atoms with Crippen LogP contribution in [0, 0.1) is 0 Å². The van der Waals surface area contributed by atoms with Crippen LogP contribution in [0.5, 0.6) is 0 Å². The average Bonchev–Trinajstić information content (AvgIpc) is 2.92. The molecular formula is C24H45N5O10. The molecule has 1 spiro atoms. The van der Waals surface area contributed by atoms with E-state index < -0.39 is 97.5 Å². The minimum Gasteiger partial charge on any atom is -0.388 e. The first-order chi connectivity index (χ1) is 18.5. The molecule has 15 nitrogen and oxygen atoms in total. The lowest BCUT2D eigenvalue weighted by molar-refractivity contribution is -0.387. The molecule has 0 aromatic carbocycles. The molecule has 3 saturated heterocycles. The zero-order valence-corrected chi connectivity index (χ0v) is 21.9. The molecule has 15 heteroatoms. The second kappa shape index (κ2) is 11.9. The van der Waals surface area contributed by atoms with Gasteiger partial charge in [-0.3, -0.25) is 0 Å². The normalized spacial score (nSPS) is 52.4. The van der Waals surface area contributed by atoms with Crippen molar-refractivity contribution in [1.82, 2.24) is 0 Å². The Hall–Kier alpha value is -0.600. The Morgan fingerprint density at radius 1 is 0.744 bits per heavy atom. The molecule has 0 radical (unpaired) electrons. The van der Waals surface area contributed by atoms with Crippen molar-refractivity contribution in [1.29, 1.82) is 0 Å². The van der Waals surface area contributed by atoms with Gasteiger partial charge in [0.1, 0.15) is 54.9 Å². The largest absolute Gasteiger partial charge is 0.388 e. The van der Waals surface area contributed by atoms with Crippen molar-refractivity contribution in [3.63, 3.8) is 0 Å². The zero-order valence-electron chi connectivity index (χ0n) is 21.9. The fourth-order valence-electron chi connectivity index (χ4n) is 6.44. The molecule has 14 N–H and O–H groups in total. The average molecular weight is 564 g/mol. The molecule has 226 valence electrons. The lowest BCUT2D eigenvalue weighted by atomic mass is 9.84. The van der Waals surface area contributed by atoms with Gasteiger partial charge in [0.2, 0.25) is 0 Å². The van der Waals surface area contributed by atoms with Crippen LogP contribution < -0.4 is 28.7 Å². The first kappa shape index (κ1) is 29.9. The van der Waals surface area contributed by atoms with E-state index >= 15 is 0 Å². The highest BCUT2D eigenvalue weighted by Gasteiger charge is 2.55. The van der Waals surface area contributed by atoms with Crippen molar-refractivity contribution in [2.24, 2.45) is 28.7 Å². The van der Waals surface area contributed by atoms with Gasteiger partial charge in [0, 0.05) is 31.5 Å². The lowest BCUT2D eigenvalue weighted by Gasteiger charge is -2.53. The third-order valence-corrected chi connectivity index (χ3v) is 8.83. The predicted octanol–water partition coefficient (Wildman–Crippen LogP) is -4.60. The summed E-state index contributed by atoms with van der Waals surface area (Å²) in [5.74, 6) is -0.703. The van der Waals surface area contributed by atoms with Crippen LogP contribution in [0.1, 0.15) is 38.5 Å². The van der Waals surface area contributed by atoms with Gasteiger partial charge in [0.15, 0.2) is 18.4 Å². The summed E-state index contributed by atoms with van der Waals surface area (Å²) >= 11 is 0. The first-order valence-electron chi connectivity index (χ1n) is 13.9. The molecule has 3 aliphatic heterocycles. The van der Waals surface area contributed by atoms with E-state index in [0.29, 0.717) is 0 Å². The van der Waals surface area contributed by atoms with Crippen LogP contribution in [0.3, 0.4) is 0 Å². The molecule has 0 aromatic heterocycles. The van der Waals surface area contributed by atoms with Gasteiger partial charge in [-0.25, -0.2) is 0 Å². The van der Waals surface area contributed by atoms with Gasteiger partial charge in [-0.05, 0) is 19.3 Å². The van der Waals surface area contributed by atoms with E-state index in [1.807, 2.05) is 0 Å². The van der Waals surface area contributed by atoms with E-state index in [1.165, 1.54) is 0 Å². The fourth-order valence-corrected chi connectivity index (χ4v) is 6.44. The number of hydrogen-bond acceptors (Lipinski definition) is 15. The maximum atomic E-state index is 11.2. The highest BCUT2D eigenvalue weighted by atomic mass is 16.8. The quantitative estimate of drug-likeness (QED) is 0.152. The Morgan fingerprint density at radius 3 is 2.03 bits per heavy atom. The number of hydrogen-bond donors (Lipinski definition) is 9. The molecule has 3 heterocycles. The summed E-state index contributed by atoms with van der Waals surface area (Å²) in [5, 5.41) is 42.7. The van der Waals surface area contributed by atoms with Crippen LogP contribution in [0.2, 0.25) is 0 Å². The first-order valence-corrected chi connectivity index (χ1v) is 13.9. The molecule has 0 amide bonds. The SMILES string of the molecule is NCC1OC(OC2C(N)CC(N)C(OC3OC4COC5(CCCCC5)OC4C(N)C3O)C2O)C(N)C(O)C1O. The van der Waals surface area contributed by atoms with Gasteiger partial charge in [-0.1, -0.05) is 6.42 Å². The highest BCUT2D eigenvalue weighted by Crippen LogP contribution is 2.41. The van der Waals surface area contributed by atoms with Crippen molar-refractivity contribution in [2.45, 2.75) is 136 Å². The highest BCUT2D eigenvalue weighted by molar-refractivity contribution is 5.02. The Labute approximate surface area is 227 Å². The van der Waals surface area contributed by atoms with E-state index in [2.05, 4.69) is 0 Å². The van der Waals surface area contributed by atoms with Gasteiger partial charge in [0.05, 0.1) is 18.7 Å². The van der Waals surface area contributed by atoms with Gasteiger partial charge in [0.25, 0.3) is 0 Å². The monoisotopic (exact) mass is 563 g/mol. The second-order valence-electron chi connectivity index (χ2n) is 11.6. The molecular weight excluding hydrogens is 518 g/mol. The lowest BCUT2D eigenvalue weighted by Crippen LogP contribution is -2.70. The molecule has 15 unspecified atom stereocenters. The van der Waals surface area contributed by atoms with Gasteiger partial charge >= 0.3 is 0 Å². The van der Waals surface area contributed by atoms with E-state index in [-0.39, 0.29) is 19.6 Å². The third-order valence-electron chi connectivity index (χ3n) is 8.83. The van der Waals surface area contributed by atoms with Crippen molar-refractivity contribution in [3.05, 3.63) is 0 Å². The molecule has 5 aliphatic rings. The van der Waals surface area contributed by atoms with E-state index in [9.17, 15) is 20.4 Å². The summed E-state index contributed by atoms with van der Waals surface area (Å²) < 4.78 is 36.0. The molecule has 39 heavy (non-hydrogen) atoms. The van der Waals surface area contributed by atoms with Crippen molar-refractivity contribution in [2.75, 3.05) is 13.2 Å². The second-order valence-corrected chi connectivity index (χ2v) is 11.6. The van der Waals surface area contributed by atoms with E-state index in [1.54, 1.807) is 0 Å². The van der Waals surface area contributed by atoms with Crippen LogP contribution in [0.15, 0.2) is 0 Å². The van der Waals surface area contributed by atoms with Crippen LogP contribution in [0.25, 0.3) is 0 Å². The Morgan fingerprint density at radius 2 is 1.38 bits per heavy atom. The Balaban J connectivity index is 1.25. The molecule has 2 saturated carbocycles. The van der Waals surface area contributed by atoms with Crippen LogP contribution in [-0.4, -0.2) is 131 Å². The fraction of sp³-hybridized carbons (Fsp3) is 1.00. The smallest absolute Gasteiger partial charge is 0.186 e. The summed E-state index contributed by atoms with van der Waals surface area (Å²) in [5.41, 5.74) is 30.6. The summed E-state index contributed by atoms with van der Waals surface area (Å²) in [4.78, 5) is 0. The molecule has 0 aromatic rings. The van der Waals surface area contributed by atoms with Crippen LogP contribution >= 0.6 is 0 Å². The van der Waals surface area contributed by atoms with E-state index in [0.717, 1.165) is 32.1 Å². The number of ether oxygens (including phenoxy) is 6. The van der Waals surface area contributed by atoms with Crippen LogP contribution in [-0.2, 0) is 28.4 Å². The standard InChI is InChI=1S/C24H45N5O10/c25-7-11-15(30)16(31)14(29)22(35-11)37-19-9(26)6-10(27)20(18(19)33)38-23-17(32)13(28)21-12(36-23)8-34-24(39-21)4-2-1-3-5-24/h9-23,30-33H,1-8,25-29H2. The summed E-state index contributed by atoms with van der Waals surface area (Å²) in [6.07, 6.45) is -7.13. The predicted molar refractivity (Wildman–Crippen MR) is 133 cm³/mol. The summed E-state index contributed by atoms with van der Waals surface area (Å²) in [6.45, 7) is 0.142. The Bertz CT molecular complexity index is 822. The Kier molecular flexibility index (Phi) is 9.15. The summed E-state index contributed by atoms with van der Waals surface area (Å²) in [6, 6.07) is -3.41. The molecule has 15 atom stereocenters. The molecule has 5 rings (SSSR count). The van der Waals surface area contributed by atoms with Gasteiger partial charge in [-0.15, -0.1) is 0 Å². The maximum absolute atomic E-state index is 11.2. The summed E-state index contributed by atoms with van der Waals surface area (Å²) in [7, 11) is 0.